The van der Waals surface area contributed by atoms with Crippen molar-refractivity contribution in [1.82, 2.24) is 4.90 Å². The molecule has 23 heavy (non-hydrogen) atoms. The fraction of sp³-hybridized carbons (Fsp3) is 0.650. The van der Waals surface area contributed by atoms with E-state index in [0.29, 0.717) is 0 Å². The van der Waals surface area contributed by atoms with E-state index in [1.807, 2.05) is 31.7 Å². The highest BCUT2D eigenvalue weighted by molar-refractivity contribution is 5.68. The van der Waals surface area contributed by atoms with Crippen molar-refractivity contribution in [3.05, 3.63) is 35.9 Å². The van der Waals surface area contributed by atoms with Crippen LogP contribution in [0, 0.1) is 0 Å². The molecule has 0 aliphatic carbocycles. The van der Waals surface area contributed by atoms with Crippen molar-refractivity contribution >= 4 is 6.09 Å². The van der Waals surface area contributed by atoms with Gasteiger partial charge >= 0.3 is 6.09 Å². The molecular weight excluding hydrogens is 286 g/mol. The maximum Gasteiger partial charge on any atom is 0.410 e. The largest absolute Gasteiger partial charge is 0.444 e. The first-order valence-corrected chi connectivity index (χ1v) is 8.91. The third kappa shape index (κ3) is 7.54. The summed E-state index contributed by atoms with van der Waals surface area (Å²) in [5.74, 6) is 0. The lowest BCUT2D eigenvalue weighted by atomic mass is 10.1. The van der Waals surface area contributed by atoms with Crippen LogP contribution < -0.4 is 0 Å². The normalized spacial score (nSPS) is 12.7. The Morgan fingerprint density at radius 2 is 1.83 bits per heavy atom. The molecule has 0 fully saturated rings. The highest BCUT2D eigenvalue weighted by Crippen LogP contribution is 2.18. The van der Waals surface area contributed by atoms with Crippen LogP contribution in [0.5, 0.6) is 0 Å². The van der Waals surface area contributed by atoms with Gasteiger partial charge in [-0.15, -0.1) is 0 Å². The Bertz CT molecular complexity index is 450. The zero-order chi connectivity index (χ0) is 17.3. The molecule has 0 saturated carbocycles. The fourth-order valence-corrected chi connectivity index (χ4v) is 2.76. The van der Waals surface area contributed by atoms with Gasteiger partial charge in [0, 0.05) is 12.6 Å². The Morgan fingerprint density at radius 3 is 2.35 bits per heavy atom. The molecular formula is C20H33NO2. The van der Waals surface area contributed by atoms with Crippen molar-refractivity contribution < 1.29 is 9.53 Å². The molecule has 1 aromatic carbocycles. The SMILES string of the molecule is CCCC(CC)N(CCCc1ccccc1)C(=O)OC(C)(C)C. The number of benzene rings is 1. The van der Waals surface area contributed by atoms with Crippen molar-refractivity contribution in [2.24, 2.45) is 0 Å². The second-order valence-corrected chi connectivity index (χ2v) is 7.11. The zero-order valence-electron chi connectivity index (χ0n) is 15.5. The molecule has 3 nitrogen and oxygen atoms in total. The molecule has 0 aliphatic rings. The van der Waals surface area contributed by atoms with E-state index in [9.17, 15) is 4.79 Å². The predicted octanol–water partition coefficient (Wildman–Crippen LogP) is 5.44. The van der Waals surface area contributed by atoms with Crippen LogP contribution in [0.15, 0.2) is 30.3 Å². The molecule has 1 unspecified atom stereocenters. The van der Waals surface area contributed by atoms with E-state index in [0.717, 1.165) is 38.6 Å². The molecule has 0 radical (unpaired) electrons. The maximum atomic E-state index is 12.6. The third-order valence-corrected chi connectivity index (χ3v) is 3.87. The van der Waals surface area contributed by atoms with Gasteiger partial charge in [-0.2, -0.15) is 0 Å². The average Bonchev–Trinajstić information content (AvgIpc) is 2.49. The Morgan fingerprint density at radius 1 is 1.17 bits per heavy atom. The summed E-state index contributed by atoms with van der Waals surface area (Å²) in [6.45, 7) is 10.8. The molecule has 1 amide bonds. The predicted molar refractivity (Wildman–Crippen MR) is 96.7 cm³/mol. The minimum Gasteiger partial charge on any atom is -0.444 e. The number of amides is 1. The first-order valence-electron chi connectivity index (χ1n) is 8.91. The Hall–Kier alpha value is -1.51. The Labute approximate surface area is 142 Å². The highest BCUT2D eigenvalue weighted by atomic mass is 16.6. The number of rotatable bonds is 8. The summed E-state index contributed by atoms with van der Waals surface area (Å²) in [5.41, 5.74) is 0.874. The van der Waals surface area contributed by atoms with Crippen molar-refractivity contribution in [2.75, 3.05) is 6.54 Å². The van der Waals surface area contributed by atoms with Crippen LogP contribution in [-0.2, 0) is 11.2 Å². The molecule has 0 bridgehead atoms. The Kier molecular flexibility index (Phi) is 8.15. The molecule has 1 rings (SSSR count). The quantitative estimate of drug-likeness (QED) is 0.639. The van der Waals surface area contributed by atoms with Crippen LogP contribution in [0.4, 0.5) is 4.79 Å². The lowest BCUT2D eigenvalue weighted by molar-refractivity contribution is 0.0144. The topological polar surface area (TPSA) is 29.5 Å². The van der Waals surface area contributed by atoms with E-state index in [1.165, 1.54) is 5.56 Å². The molecule has 3 heteroatoms. The van der Waals surface area contributed by atoms with Gasteiger partial charge in [0.05, 0.1) is 0 Å². The summed E-state index contributed by atoms with van der Waals surface area (Å²) in [7, 11) is 0. The minimum absolute atomic E-state index is 0.175. The lowest BCUT2D eigenvalue weighted by Gasteiger charge is -2.33. The number of carbonyl (C=O) groups is 1. The van der Waals surface area contributed by atoms with Gasteiger partial charge in [-0.25, -0.2) is 4.79 Å². The van der Waals surface area contributed by atoms with Gasteiger partial charge in [-0.1, -0.05) is 50.6 Å². The van der Waals surface area contributed by atoms with Gasteiger partial charge in [-0.05, 0) is 52.0 Å². The van der Waals surface area contributed by atoms with Crippen LogP contribution in [0.2, 0.25) is 0 Å². The standard InChI is InChI=1S/C20H33NO2/c1-6-12-18(7-2)21(19(22)23-20(3,4)5)16-11-15-17-13-9-8-10-14-17/h8-10,13-14,18H,6-7,11-12,15-16H2,1-5H3. The number of hydrogen-bond acceptors (Lipinski definition) is 2. The second-order valence-electron chi connectivity index (χ2n) is 7.11. The van der Waals surface area contributed by atoms with Gasteiger partial charge in [0.1, 0.15) is 5.60 Å². The van der Waals surface area contributed by atoms with Crippen LogP contribution >= 0.6 is 0 Å². The molecule has 0 heterocycles. The van der Waals surface area contributed by atoms with Crippen molar-refractivity contribution in [3.8, 4) is 0 Å². The van der Waals surface area contributed by atoms with E-state index in [-0.39, 0.29) is 12.1 Å². The maximum absolute atomic E-state index is 12.6. The van der Waals surface area contributed by atoms with Gasteiger partial charge in [0.25, 0.3) is 0 Å². The van der Waals surface area contributed by atoms with Gasteiger partial charge in [0.15, 0.2) is 0 Å². The molecule has 1 aromatic rings. The van der Waals surface area contributed by atoms with E-state index in [2.05, 4.69) is 38.1 Å². The Balaban J connectivity index is 2.68. The molecule has 0 aromatic heterocycles. The van der Waals surface area contributed by atoms with Crippen LogP contribution in [0.1, 0.15) is 65.9 Å². The van der Waals surface area contributed by atoms with E-state index < -0.39 is 5.60 Å². The molecule has 0 saturated heterocycles. The molecule has 0 N–H and O–H groups in total. The van der Waals surface area contributed by atoms with E-state index >= 15 is 0 Å². The molecule has 0 spiro atoms. The van der Waals surface area contributed by atoms with E-state index in [4.69, 9.17) is 4.74 Å². The van der Waals surface area contributed by atoms with Crippen LogP contribution in [0.3, 0.4) is 0 Å². The zero-order valence-corrected chi connectivity index (χ0v) is 15.5. The summed E-state index contributed by atoms with van der Waals surface area (Å²) in [4.78, 5) is 14.5. The van der Waals surface area contributed by atoms with Crippen LogP contribution in [-0.4, -0.2) is 29.2 Å². The minimum atomic E-state index is -0.445. The smallest absolute Gasteiger partial charge is 0.410 e. The van der Waals surface area contributed by atoms with E-state index in [1.54, 1.807) is 0 Å². The summed E-state index contributed by atoms with van der Waals surface area (Å²) in [6, 6.07) is 10.7. The first kappa shape index (κ1) is 19.5. The van der Waals surface area contributed by atoms with Crippen molar-refractivity contribution in [1.29, 1.82) is 0 Å². The summed E-state index contributed by atoms with van der Waals surface area (Å²) < 4.78 is 5.62. The third-order valence-electron chi connectivity index (χ3n) is 3.87. The monoisotopic (exact) mass is 319 g/mol. The summed E-state index contributed by atoms with van der Waals surface area (Å²) in [5, 5.41) is 0. The fourth-order valence-electron chi connectivity index (χ4n) is 2.76. The lowest BCUT2D eigenvalue weighted by Crippen LogP contribution is -2.43. The number of aryl methyl sites for hydroxylation is 1. The molecule has 1 atom stereocenters. The second kappa shape index (κ2) is 9.59. The highest BCUT2D eigenvalue weighted by Gasteiger charge is 2.26. The number of nitrogens with zero attached hydrogens (tertiary/aromatic N) is 1. The summed E-state index contributed by atoms with van der Waals surface area (Å²) >= 11 is 0. The average molecular weight is 319 g/mol. The first-order chi connectivity index (χ1) is 10.9. The van der Waals surface area contributed by atoms with Gasteiger partial charge in [-0.3, -0.25) is 0 Å². The van der Waals surface area contributed by atoms with Crippen molar-refractivity contribution in [2.45, 2.75) is 78.4 Å². The molecule has 0 aliphatic heterocycles. The number of carbonyl (C=O) groups excluding carboxylic acids is 1. The summed E-state index contributed by atoms with van der Waals surface area (Å²) in [6.07, 6.45) is 4.85. The van der Waals surface area contributed by atoms with Crippen molar-refractivity contribution in [3.63, 3.8) is 0 Å². The number of hydrogen-bond donors (Lipinski definition) is 0. The number of ether oxygens (including phenoxy) is 1. The van der Waals surface area contributed by atoms with Crippen LogP contribution in [0.25, 0.3) is 0 Å². The van der Waals surface area contributed by atoms with Gasteiger partial charge < -0.3 is 9.64 Å². The molecule has 130 valence electrons. The van der Waals surface area contributed by atoms with Gasteiger partial charge in [0.2, 0.25) is 0 Å².